The van der Waals surface area contributed by atoms with E-state index in [1.807, 2.05) is 29.2 Å². The monoisotopic (exact) mass is 462 g/mol. The van der Waals surface area contributed by atoms with Crippen molar-refractivity contribution in [2.75, 3.05) is 36.8 Å². The second-order valence-electron chi connectivity index (χ2n) is 7.39. The van der Waals surface area contributed by atoms with Crippen molar-refractivity contribution in [3.8, 4) is 10.4 Å². The number of benzene rings is 1. The third-order valence-electron chi connectivity index (χ3n) is 5.37. The molecule has 7 nitrogen and oxygen atoms in total. The number of amides is 1. The lowest BCUT2D eigenvalue weighted by molar-refractivity contribution is -0.131. The highest BCUT2D eigenvalue weighted by molar-refractivity contribution is 7.99. The molecule has 5 rings (SSSR count). The lowest BCUT2D eigenvalue weighted by atomic mass is 10.2. The zero-order valence-corrected chi connectivity index (χ0v) is 19.1. The number of piperazine rings is 1. The van der Waals surface area contributed by atoms with Crippen molar-refractivity contribution in [2.24, 2.45) is 0 Å². The third-order valence-corrected chi connectivity index (χ3v) is 7.47. The molecule has 0 bridgehead atoms. The van der Waals surface area contributed by atoms with Crippen molar-refractivity contribution in [3.63, 3.8) is 0 Å². The number of hydrogen-bond donors (Lipinski definition) is 0. The predicted molar refractivity (Wildman–Crippen MR) is 129 cm³/mol. The van der Waals surface area contributed by atoms with E-state index in [2.05, 4.69) is 43.0 Å². The number of hydrogen-bond acceptors (Lipinski definition) is 8. The number of aromatic nitrogens is 4. The molecule has 1 aliphatic heterocycles. The number of nitrogens with zero attached hydrogens (tertiary/aromatic N) is 6. The number of thioether (sulfide) groups is 1. The first-order chi connectivity index (χ1) is 15.8. The summed E-state index contributed by atoms with van der Waals surface area (Å²) in [7, 11) is 0. The Morgan fingerprint density at radius 2 is 1.75 bits per heavy atom. The van der Waals surface area contributed by atoms with Crippen molar-refractivity contribution >= 4 is 45.2 Å². The Kier molecular flexibility index (Phi) is 6.27. The maximum Gasteiger partial charge on any atom is 0.225 e. The molecular formula is C23H22N6OS2. The fourth-order valence-corrected chi connectivity index (χ4v) is 5.67. The summed E-state index contributed by atoms with van der Waals surface area (Å²) in [6, 6.07) is 14.3. The molecule has 0 unspecified atom stereocenters. The lowest BCUT2D eigenvalue weighted by Crippen LogP contribution is -2.49. The van der Waals surface area contributed by atoms with E-state index < -0.39 is 0 Å². The number of carbonyl (C=O) groups is 1. The van der Waals surface area contributed by atoms with E-state index in [9.17, 15) is 4.79 Å². The fraction of sp³-hybridized carbons (Fsp3) is 0.261. The van der Waals surface area contributed by atoms with Gasteiger partial charge in [-0.15, -0.1) is 23.1 Å². The van der Waals surface area contributed by atoms with Gasteiger partial charge in [0.15, 0.2) is 0 Å². The first kappa shape index (κ1) is 20.8. The summed E-state index contributed by atoms with van der Waals surface area (Å²) >= 11 is 3.30. The van der Waals surface area contributed by atoms with E-state index in [1.54, 1.807) is 41.8 Å². The molecule has 1 saturated heterocycles. The largest absolute Gasteiger partial charge is 0.339 e. The van der Waals surface area contributed by atoms with Crippen LogP contribution < -0.4 is 4.90 Å². The van der Waals surface area contributed by atoms with Crippen molar-refractivity contribution in [1.29, 1.82) is 0 Å². The molecule has 1 amide bonds. The molecule has 3 aromatic heterocycles. The van der Waals surface area contributed by atoms with Crippen LogP contribution in [0.1, 0.15) is 6.42 Å². The average molecular weight is 463 g/mol. The van der Waals surface area contributed by atoms with Crippen LogP contribution in [0.25, 0.3) is 20.7 Å². The van der Waals surface area contributed by atoms with Gasteiger partial charge in [-0.1, -0.05) is 30.3 Å². The van der Waals surface area contributed by atoms with Crippen LogP contribution in [0, 0.1) is 0 Å². The Hall–Kier alpha value is -3.04. The number of carbonyl (C=O) groups excluding carboxylic acids is 1. The van der Waals surface area contributed by atoms with E-state index in [0.717, 1.165) is 34.3 Å². The molecular weight excluding hydrogens is 440 g/mol. The highest BCUT2D eigenvalue weighted by atomic mass is 32.2. The van der Waals surface area contributed by atoms with E-state index in [4.69, 9.17) is 0 Å². The van der Waals surface area contributed by atoms with Crippen LogP contribution in [0.5, 0.6) is 0 Å². The Bertz CT molecular complexity index is 1190. The molecule has 9 heteroatoms. The van der Waals surface area contributed by atoms with E-state index in [-0.39, 0.29) is 5.91 Å². The number of thiophene rings is 1. The molecule has 0 N–H and O–H groups in total. The van der Waals surface area contributed by atoms with E-state index in [1.165, 1.54) is 10.4 Å². The van der Waals surface area contributed by atoms with Crippen molar-refractivity contribution in [1.82, 2.24) is 24.8 Å². The minimum atomic E-state index is 0.187. The van der Waals surface area contributed by atoms with Crippen molar-refractivity contribution in [2.45, 2.75) is 11.4 Å². The van der Waals surface area contributed by atoms with Crippen molar-refractivity contribution in [3.05, 3.63) is 61.2 Å². The Morgan fingerprint density at radius 1 is 0.969 bits per heavy atom. The molecule has 0 spiro atoms. The van der Waals surface area contributed by atoms with Gasteiger partial charge in [0.05, 0.1) is 0 Å². The second kappa shape index (κ2) is 9.62. The van der Waals surface area contributed by atoms with Gasteiger partial charge >= 0.3 is 0 Å². The van der Waals surface area contributed by atoms with Crippen LogP contribution in [-0.2, 0) is 4.79 Å². The van der Waals surface area contributed by atoms with Gasteiger partial charge in [-0.3, -0.25) is 4.79 Å². The number of fused-ring (bicyclic) bond motifs is 1. The minimum absolute atomic E-state index is 0.187. The summed E-state index contributed by atoms with van der Waals surface area (Å²) < 4.78 is 0. The predicted octanol–water partition coefficient (Wildman–Crippen LogP) is 3.98. The fourth-order valence-electron chi connectivity index (χ4n) is 3.70. The summed E-state index contributed by atoms with van der Waals surface area (Å²) in [5.74, 6) is 1.61. The van der Waals surface area contributed by atoms with Gasteiger partial charge in [-0.25, -0.2) is 19.9 Å². The summed E-state index contributed by atoms with van der Waals surface area (Å²) in [4.78, 5) is 36.5. The maximum atomic E-state index is 12.7. The summed E-state index contributed by atoms with van der Waals surface area (Å²) in [5.41, 5.74) is 1.18. The number of anilines is 1. The van der Waals surface area contributed by atoms with E-state index >= 15 is 0 Å². The van der Waals surface area contributed by atoms with Gasteiger partial charge in [0.1, 0.15) is 16.2 Å². The van der Waals surface area contributed by atoms with E-state index in [0.29, 0.717) is 25.3 Å². The molecule has 0 atom stereocenters. The SMILES string of the molecule is O=C(CCSc1ncnc2sc(-c3ccccc3)cc12)N1CCN(c2ncccn2)CC1. The first-order valence-corrected chi connectivity index (χ1v) is 12.3. The van der Waals surface area contributed by atoms with Crippen LogP contribution >= 0.6 is 23.1 Å². The van der Waals surface area contributed by atoms with Gasteiger partial charge in [-0.05, 0) is 17.7 Å². The molecule has 1 fully saturated rings. The van der Waals surface area contributed by atoms with Crippen LogP contribution in [0.3, 0.4) is 0 Å². The first-order valence-electron chi connectivity index (χ1n) is 10.5. The molecule has 0 aliphatic carbocycles. The smallest absolute Gasteiger partial charge is 0.225 e. The highest BCUT2D eigenvalue weighted by Gasteiger charge is 2.22. The minimum Gasteiger partial charge on any atom is -0.339 e. The molecule has 0 radical (unpaired) electrons. The average Bonchev–Trinajstić information content (AvgIpc) is 3.31. The van der Waals surface area contributed by atoms with Gasteiger partial charge in [-0.2, -0.15) is 0 Å². The Balaban J connectivity index is 1.17. The zero-order chi connectivity index (χ0) is 21.8. The Morgan fingerprint density at radius 3 is 2.53 bits per heavy atom. The standard InChI is InChI=1S/C23H22N6OS2/c30-20(28-10-12-29(13-11-28)23-24-8-4-9-25-23)7-14-31-21-18-15-19(17-5-2-1-3-6-17)32-22(18)27-16-26-21/h1-6,8-9,15-16H,7,10-14H2. The molecule has 4 aromatic rings. The molecule has 1 aliphatic rings. The quantitative estimate of drug-likeness (QED) is 0.317. The third kappa shape index (κ3) is 4.58. The molecule has 1 aromatic carbocycles. The lowest BCUT2D eigenvalue weighted by Gasteiger charge is -2.34. The highest BCUT2D eigenvalue weighted by Crippen LogP contribution is 2.36. The topological polar surface area (TPSA) is 75.1 Å². The molecule has 0 saturated carbocycles. The summed E-state index contributed by atoms with van der Waals surface area (Å²) in [6.45, 7) is 2.91. The summed E-state index contributed by atoms with van der Waals surface area (Å²) in [6.07, 6.45) is 5.60. The normalized spacial score (nSPS) is 14.1. The van der Waals surface area contributed by atoms with Gasteiger partial charge in [0, 0.05) is 61.0 Å². The van der Waals surface area contributed by atoms with Crippen LogP contribution in [0.15, 0.2) is 66.2 Å². The van der Waals surface area contributed by atoms with Crippen LogP contribution in [-0.4, -0.2) is 62.7 Å². The number of rotatable bonds is 6. The summed E-state index contributed by atoms with van der Waals surface area (Å²) in [5, 5.41) is 2.00. The zero-order valence-electron chi connectivity index (χ0n) is 17.4. The second-order valence-corrected chi connectivity index (χ2v) is 9.50. The molecule has 162 valence electrons. The molecule has 32 heavy (non-hydrogen) atoms. The van der Waals surface area contributed by atoms with Crippen LogP contribution in [0.4, 0.5) is 5.95 Å². The van der Waals surface area contributed by atoms with Crippen molar-refractivity contribution < 1.29 is 4.79 Å². The molecule has 4 heterocycles. The van der Waals surface area contributed by atoms with Crippen LogP contribution in [0.2, 0.25) is 0 Å². The van der Waals surface area contributed by atoms with Gasteiger partial charge < -0.3 is 9.80 Å². The van der Waals surface area contributed by atoms with Gasteiger partial charge in [0.2, 0.25) is 11.9 Å². The van der Waals surface area contributed by atoms with Gasteiger partial charge in [0.25, 0.3) is 0 Å². The maximum absolute atomic E-state index is 12.7. The Labute approximate surface area is 194 Å².